The van der Waals surface area contributed by atoms with Crippen molar-refractivity contribution >= 4 is 15.8 Å². The van der Waals surface area contributed by atoms with Gasteiger partial charge in [0.25, 0.3) is 0 Å². The van der Waals surface area contributed by atoms with E-state index in [1.54, 1.807) is 32.1 Å². The topological polar surface area (TPSA) is 63.2 Å². The van der Waals surface area contributed by atoms with Crippen molar-refractivity contribution in [3.63, 3.8) is 0 Å². The van der Waals surface area contributed by atoms with Crippen molar-refractivity contribution in [1.82, 2.24) is 4.72 Å². The number of carbonyl (C=O) groups is 1. The lowest BCUT2D eigenvalue weighted by molar-refractivity contribution is 0.0988. The number of benzene rings is 1. The summed E-state index contributed by atoms with van der Waals surface area (Å²) >= 11 is 0. The fraction of sp³-hybridized carbons (Fsp3) is 0.357. The number of Topliss-reactive ketones (excluding diaryl/α,β-unsaturated/α-hetero) is 1. The summed E-state index contributed by atoms with van der Waals surface area (Å²) < 4.78 is 26.8. The lowest BCUT2D eigenvalue weighted by Gasteiger charge is -2.12. The Hall–Kier alpha value is -1.46. The average molecular weight is 281 g/mol. The van der Waals surface area contributed by atoms with Crippen LogP contribution in [0.15, 0.2) is 41.8 Å². The average Bonchev–Trinajstić information content (AvgIpc) is 2.37. The zero-order valence-electron chi connectivity index (χ0n) is 11.2. The van der Waals surface area contributed by atoms with Gasteiger partial charge in [-0.2, -0.15) is 0 Å². The fourth-order valence-corrected chi connectivity index (χ4v) is 2.97. The number of nitrogens with one attached hydrogen (secondary N) is 1. The van der Waals surface area contributed by atoms with Gasteiger partial charge in [-0.05, 0) is 25.5 Å². The first-order valence-electron chi connectivity index (χ1n) is 6.17. The molecular weight excluding hydrogens is 262 g/mol. The van der Waals surface area contributed by atoms with Crippen molar-refractivity contribution in [2.75, 3.05) is 0 Å². The molecule has 1 N–H and O–H groups in total. The molecule has 0 aliphatic carbocycles. The molecule has 1 aromatic rings. The molecule has 5 heteroatoms. The van der Waals surface area contributed by atoms with Crippen LogP contribution in [0.4, 0.5) is 0 Å². The minimum atomic E-state index is -3.60. The lowest BCUT2D eigenvalue weighted by atomic mass is 10.1. The minimum absolute atomic E-state index is 0.0730. The Morgan fingerprint density at radius 3 is 2.74 bits per heavy atom. The van der Waals surface area contributed by atoms with Crippen LogP contribution in [0.5, 0.6) is 0 Å². The van der Waals surface area contributed by atoms with E-state index < -0.39 is 10.0 Å². The van der Waals surface area contributed by atoms with Gasteiger partial charge in [0.05, 0.1) is 4.90 Å². The summed E-state index contributed by atoms with van der Waals surface area (Å²) in [6, 6.07) is 5.87. The molecule has 4 nitrogen and oxygen atoms in total. The Morgan fingerprint density at radius 1 is 1.47 bits per heavy atom. The molecule has 0 bridgehead atoms. The molecule has 0 saturated heterocycles. The molecule has 0 saturated carbocycles. The van der Waals surface area contributed by atoms with Crippen molar-refractivity contribution in [3.8, 4) is 0 Å². The predicted octanol–water partition coefficient (Wildman–Crippen LogP) is 2.52. The van der Waals surface area contributed by atoms with Gasteiger partial charge in [-0.1, -0.05) is 25.1 Å². The molecule has 1 atom stereocenters. The van der Waals surface area contributed by atoms with Gasteiger partial charge in [0.15, 0.2) is 5.78 Å². The second kappa shape index (κ2) is 6.63. The van der Waals surface area contributed by atoms with E-state index in [9.17, 15) is 13.2 Å². The molecule has 0 heterocycles. The highest BCUT2D eigenvalue weighted by Crippen LogP contribution is 2.14. The molecule has 19 heavy (non-hydrogen) atoms. The first-order valence-corrected chi connectivity index (χ1v) is 7.65. The van der Waals surface area contributed by atoms with Gasteiger partial charge in [-0.25, -0.2) is 13.1 Å². The molecule has 0 aromatic heterocycles. The molecule has 0 amide bonds. The summed E-state index contributed by atoms with van der Waals surface area (Å²) in [6.45, 7) is 7.08. The van der Waals surface area contributed by atoms with E-state index in [0.29, 0.717) is 18.4 Å². The molecule has 104 valence electrons. The van der Waals surface area contributed by atoms with Crippen LogP contribution in [-0.2, 0) is 10.0 Å². The van der Waals surface area contributed by atoms with Crippen LogP contribution in [0.3, 0.4) is 0 Å². The third-order valence-electron chi connectivity index (χ3n) is 2.66. The van der Waals surface area contributed by atoms with Gasteiger partial charge in [-0.3, -0.25) is 4.79 Å². The third-order valence-corrected chi connectivity index (χ3v) is 4.25. The smallest absolute Gasteiger partial charge is 0.240 e. The van der Waals surface area contributed by atoms with E-state index in [4.69, 9.17) is 0 Å². The highest BCUT2D eigenvalue weighted by Gasteiger charge is 2.17. The van der Waals surface area contributed by atoms with Crippen LogP contribution in [-0.4, -0.2) is 20.2 Å². The van der Waals surface area contributed by atoms with E-state index >= 15 is 0 Å². The van der Waals surface area contributed by atoms with Crippen LogP contribution in [0.2, 0.25) is 0 Å². The van der Waals surface area contributed by atoms with Gasteiger partial charge < -0.3 is 0 Å². The Morgan fingerprint density at radius 2 is 2.16 bits per heavy atom. The van der Waals surface area contributed by atoms with Crippen LogP contribution >= 0.6 is 0 Å². The van der Waals surface area contributed by atoms with Crippen LogP contribution < -0.4 is 4.72 Å². The van der Waals surface area contributed by atoms with Crippen LogP contribution in [0, 0.1) is 0 Å². The molecule has 0 aliphatic rings. The summed E-state index contributed by atoms with van der Waals surface area (Å²) in [7, 11) is -3.60. The minimum Gasteiger partial charge on any atom is -0.294 e. The summed E-state index contributed by atoms with van der Waals surface area (Å²) in [6.07, 6.45) is 2.56. The van der Waals surface area contributed by atoms with Gasteiger partial charge >= 0.3 is 0 Å². The number of hydrogen-bond donors (Lipinski definition) is 1. The molecule has 0 spiro atoms. The molecular formula is C14H19NO3S. The largest absolute Gasteiger partial charge is 0.294 e. The SMILES string of the molecule is C=CCC(C)NS(=O)(=O)c1cccc(C(=O)CC)c1. The number of rotatable bonds is 7. The first kappa shape index (κ1) is 15.6. The molecule has 0 fully saturated rings. The number of hydrogen-bond acceptors (Lipinski definition) is 3. The second-order valence-electron chi connectivity index (χ2n) is 4.35. The third kappa shape index (κ3) is 4.29. The van der Waals surface area contributed by atoms with E-state index in [1.165, 1.54) is 12.1 Å². The number of sulfonamides is 1. The van der Waals surface area contributed by atoms with E-state index in [1.807, 2.05) is 0 Å². The Balaban J connectivity index is 3.01. The van der Waals surface area contributed by atoms with Crippen molar-refractivity contribution < 1.29 is 13.2 Å². The molecule has 1 rings (SSSR count). The summed E-state index contributed by atoms with van der Waals surface area (Å²) in [4.78, 5) is 11.7. The number of ketones is 1. The molecule has 1 unspecified atom stereocenters. The summed E-state index contributed by atoms with van der Waals surface area (Å²) in [5.41, 5.74) is 0.418. The van der Waals surface area contributed by atoms with Crippen LogP contribution in [0.1, 0.15) is 37.0 Å². The first-order chi connectivity index (χ1) is 8.90. The molecule has 1 aromatic carbocycles. The van der Waals surface area contributed by atoms with Crippen molar-refractivity contribution in [2.24, 2.45) is 0 Å². The zero-order chi connectivity index (χ0) is 14.5. The summed E-state index contributed by atoms with van der Waals surface area (Å²) in [5.74, 6) is -0.0730. The van der Waals surface area contributed by atoms with Crippen molar-refractivity contribution in [1.29, 1.82) is 0 Å². The summed E-state index contributed by atoms with van der Waals surface area (Å²) in [5, 5.41) is 0. The highest BCUT2D eigenvalue weighted by molar-refractivity contribution is 7.89. The van der Waals surface area contributed by atoms with Crippen molar-refractivity contribution in [3.05, 3.63) is 42.5 Å². The van der Waals surface area contributed by atoms with Crippen LogP contribution in [0.25, 0.3) is 0 Å². The fourth-order valence-electron chi connectivity index (χ4n) is 1.67. The maximum atomic E-state index is 12.1. The highest BCUT2D eigenvalue weighted by atomic mass is 32.2. The van der Waals surface area contributed by atoms with Gasteiger partial charge in [0.1, 0.15) is 0 Å². The second-order valence-corrected chi connectivity index (χ2v) is 6.07. The van der Waals surface area contributed by atoms with Gasteiger partial charge in [0, 0.05) is 18.0 Å². The predicted molar refractivity (Wildman–Crippen MR) is 75.7 cm³/mol. The maximum absolute atomic E-state index is 12.1. The number of carbonyl (C=O) groups excluding carboxylic acids is 1. The normalized spacial score (nSPS) is 12.9. The van der Waals surface area contributed by atoms with Crippen molar-refractivity contribution in [2.45, 2.75) is 37.6 Å². The van der Waals surface area contributed by atoms with E-state index in [0.717, 1.165) is 0 Å². The Kier molecular flexibility index (Phi) is 5.44. The van der Waals surface area contributed by atoms with E-state index in [-0.39, 0.29) is 16.7 Å². The van der Waals surface area contributed by atoms with E-state index in [2.05, 4.69) is 11.3 Å². The molecule has 0 aliphatic heterocycles. The van der Waals surface area contributed by atoms with Gasteiger partial charge in [0.2, 0.25) is 10.0 Å². The Labute approximate surface area is 114 Å². The zero-order valence-corrected chi connectivity index (χ0v) is 12.0. The standard InChI is InChI=1S/C14H19NO3S/c1-4-7-11(3)15-19(17,18)13-9-6-8-12(10-13)14(16)5-2/h4,6,8-11,15H,1,5,7H2,2-3H3. The van der Waals surface area contributed by atoms with Gasteiger partial charge in [-0.15, -0.1) is 6.58 Å². The maximum Gasteiger partial charge on any atom is 0.240 e. The molecule has 0 radical (unpaired) electrons. The monoisotopic (exact) mass is 281 g/mol. The quantitative estimate of drug-likeness (QED) is 0.617. The Bertz CT molecular complexity index is 564. The lowest BCUT2D eigenvalue weighted by Crippen LogP contribution is -2.32.